The molecular formula is C11H14N2O3. The first-order chi connectivity index (χ1) is 7.66. The van der Waals surface area contributed by atoms with E-state index in [2.05, 4.69) is 16.9 Å². The van der Waals surface area contributed by atoms with Crippen molar-refractivity contribution in [3.05, 3.63) is 18.1 Å². The maximum atomic E-state index is 10.6. The van der Waals surface area contributed by atoms with Gasteiger partial charge in [-0.25, -0.2) is 14.8 Å². The van der Waals surface area contributed by atoms with Gasteiger partial charge < -0.3 is 9.84 Å². The molecule has 5 heteroatoms. The lowest BCUT2D eigenvalue weighted by atomic mass is 10.1. The second kappa shape index (κ2) is 4.47. The topological polar surface area (TPSA) is 72.3 Å². The molecule has 16 heavy (non-hydrogen) atoms. The molecule has 1 fully saturated rings. The molecule has 2 rings (SSSR count). The first-order valence-electron chi connectivity index (χ1n) is 5.39. The number of carbonyl (C=O) groups is 1. The Balaban J connectivity index is 2.02. The van der Waals surface area contributed by atoms with Crippen LogP contribution in [0.1, 0.15) is 36.7 Å². The Morgan fingerprint density at radius 2 is 2.25 bits per heavy atom. The SMILES string of the molecule is CC1CCCC1Oc1cnc(C(=O)O)cn1. The summed E-state index contributed by atoms with van der Waals surface area (Å²) in [4.78, 5) is 18.3. The lowest BCUT2D eigenvalue weighted by molar-refractivity contribution is 0.0689. The lowest BCUT2D eigenvalue weighted by Gasteiger charge is -2.16. The minimum Gasteiger partial charge on any atom is -0.476 e. The van der Waals surface area contributed by atoms with Crippen molar-refractivity contribution in [2.75, 3.05) is 0 Å². The van der Waals surface area contributed by atoms with Crippen LogP contribution < -0.4 is 4.74 Å². The Bertz CT molecular complexity index is 377. The minimum absolute atomic E-state index is 0.0631. The van der Waals surface area contributed by atoms with Crippen molar-refractivity contribution in [3.8, 4) is 5.88 Å². The Kier molecular flexibility index (Phi) is 3.03. The highest BCUT2D eigenvalue weighted by molar-refractivity contribution is 5.84. The molecule has 1 aliphatic rings. The van der Waals surface area contributed by atoms with Crippen molar-refractivity contribution in [1.29, 1.82) is 0 Å². The fourth-order valence-electron chi connectivity index (χ4n) is 1.93. The molecule has 0 saturated heterocycles. The van der Waals surface area contributed by atoms with Gasteiger partial charge in [0.2, 0.25) is 5.88 Å². The summed E-state index contributed by atoms with van der Waals surface area (Å²) in [7, 11) is 0. The molecule has 1 aromatic rings. The Morgan fingerprint density at radius 1 is 1.44 bits per heavy atom. The van der Waals surface area contributed by atoms with Gasteiger partial charge in [0.15, 0.2) is 5.69 Å². The van der Waals surface area contributed by atoms with E-state index in [1.165, 1.54) is 25.2 Å². The summed E-state index contributed by atoms with van der Waals surface area (Å²) in [5, 5.41) is 8.66. The van der Waals surface area contributed by atoms with Gasteiger partial charge in [0, 0.05) is 0 Å². The maximum absolute atomic E-state index is 10.6. The van der Waals surface area contributed by atoms with Crippen LogP contribution in [0.3, 0.4) is 0 Å². The van der Waals surface area contributed by atoms with Gasteiger partial charge in [-0.2, -0.15) is 0 Å². The molecule has 0 aromatic carbocycles. The minimum atomic E-state index is -1.08. The monoisotopic (exact) mass is 222 g/mol. The van der Waals surface area contributed by atoms with E-state index in [0.29, 0.717) is 11.8 Å². The van der Waals surface area contributed by atoms with E-state index in [-0.39, 0.29) is 11.8 Å². The van der Waals surface area contributed by atoms with Gasteiger partial charge in [0.05, 0.1) is 12.4 Å². The zero-order chi connectivity index (χ0) is 11.5. The summed E-state index contributed by atoms with van der Waals surface area (Å²) in [6, 6.07) is 0. The third kappa shape index (κ3) is 2.29. The number of ether oxygens (including phenoxy) is 1. The normalized spacial score (nSPS) is 24.3. The van der Waals surface area contributed by atoms with Gasteiger partial charge in [-0.15, -0.1) is 0 Å². The molecule has 0 aliphatic heterocycles. The van der Waals surface area contributed by atoms with E-state index < -0.39 is 5.97 Å². The molecule has 0 radical (unpaired) electrons. The number of aromatic carboxylic acids is 1. The standard InChI is InChI=1S/C11H14N2O3/c1-7-3-2-4-9(7)16-10-6-12-8(5-13-10)11(14)15/h5-7,9H,2-4H2,1H3,(H,14,15). The van der Waals surface area contributed by atoms with E-state index in [1.807, 2.05) is 0 Å². The molecule has 1 saturated carbocycles. The molecular weight excluding hydrogens is 208 g/mol. The highest BCUT2D eigenvalue weighted by Crippen LogP contribution is 2.28. The number of aromatic nitrogens is 2. The van der Waals surface area contributed by atoms with Crippen LogP contribution in [0.25, 0.3) is 0 Å². The maximum Gasteiger partial charge on any atom is 0.356 e. The zero-order valence-corrected chi connectivity index (χ0v) is 9.09. The van der Waals surface area contributed by atoms with Gasteiger partial charge in [-0.3, -0.25) is 0 Å². The average Bonchev–Trinajstić information content (AvgIpc) is 2.65. The number of nitrogens with zero attached hydrogens (tertiary/aromatic N) is 2. The number of carboxylic acid groups (broad SMARTS) is 1. The van der Waals surface area contributed by atoms with Crippen LogP contribution >= 0.6 is 0 Å². The van der Waals surface area contributed by atoms with Crippen LogP contribution in [0.15, 0.2) is 12.4 Å². The first-order valence-corrected chi connectivity index (χ1v) is 5.39. The first kappa shape index (κ1) is 10.9. The quantitative estimate of drug-likeness (QED) is 0.843. The fourth-order valence-corrected chi connectivity index (χ4v) is 1.93. The van der Waals surface area contributed by atoms with Gasteiger partial charge in [0.1, 0.15) is 6.10 Å². The number of carboxylic acids is 1. The number of hydrogen-bond acceptors (Lipinski definition) is 4. The summed E-state index contributed by atoms with van der Waals surface area (Å²) in [6.07, 6.45) is 6.15. The van der Waals surface area contributed by atoms with Crippen LogP contribution in [-0.4, -0.2) is 27.1 Å². The molecule has 2 atom stereocenters. The van der Waals surface area contributed by atoms with E-state index in [4.69, 9.17) is 9.84 Å². The van der Waals surface area contributed by atoms with Crippen molar-refractivity contribution in [2.24, 2.45) is 5.92 Å². The highest BCUT2D eigenvalue weighted by Gasteiger charge is 2.25. The fraction of sp³-hybridized carbons (Fsp3) is 0.545. The smallest absolute Gasteiger partial charge is 0.356 e. The van der Waals surface area contributed by atoms with E-state index in [1.54, 1.807) is 0 Å². The molecule has 0 bridgehead atoms. The Hall–Kier alpha value is -1.65. The Morgan fingerprint density at radius 3 is 2.75 bits per heavy atom. The molecule has 1 N–H and O–H groups in total. The Labute approximate surface area is 93.5 Å². The second-order valence-electron chi connectivity index (χ2n) is 4.11. The van der Waals surface area contributed by atoms with Crippen molar-refractivity contribution >= 4 is 5.97 Å². The predicted molar refractivity (Wildman–Crippen MR) is 56.4 cm³/mol. The average molecular weight is 222 g/mol. The molecule has 1 aliphatic carbocycles. The molecule has 86 valence electrons. The summed E-state index contributed by atoms with van der Waals surface area (Å²) >= 11 is 0. The summed E-state index contributed by atoms with van der Waals surface area (Å²) < 4.78 is 5.66. The van der Waals surface area contributed by atoms with E-state index in [9.17, 15) is 4.79 Å². The van der Waals surface area contributed by atoms with Crippen LogP contribution in [0, 0.1) is 5.92 Å². The zero-order valence-electron chi connectivity index (χ0n) is 9.09. The third-order valence-electron chi connectivity index (χ3n) is 2.90. The second-order valence-corrected chi connectivity index (χ2v) is 4.11. The van der Waals surface area contributed by atoms with Crippen LogP contribution in [0.2, 0.25) is 0 Å². The summed E-state index contributed by atoms with van der Waals surface area (Å²) in [6.45, 7) is 2.15. The molecule has 1 aromatic heterocycles. The third-order valence-corrected chi connectivity index (χ3v) is 2.90. The van der Waals surface area contributed by atoms with E-state index >= 15 is 0 Å². The van der Waals surface area contributed by atoms with Crippen LogP contribution in [-0.2, 0) is 0 Å². The van der Waals surface area contributed by atoms with Gasteiger partial charge in [-0.05, 0) is 25.2 Å². The largest absolute Gasteiger partial charge is 0.476 e. The molecule has 2 unspecified atom stereocenters. The molecule has 1 heterocycles. The number of rotatable bonds is 3. The van der Waals surface area contributed by atoms with Crippen LogP contribution in [0.5, 0.6) is 5.88 Å². The van der Waals surface area contributed by atoms with Gasteiger partial charge in [-0.1, -0.05) is 6.92 Å². The molecule has 0 amide bonds. The van der Waals surface area contributed by atoms with Gasteiger partial charge in [0.25, 0.3) is 0 Å². The van der Waals surface area contributed by atoms with Crippen molar-refractivity contribution in [2.45, 2.75) is 32.3 Å². The predicted octanol–water partition coefficient (Wildman–Crippen LogP) is 1.74. The van der Waals surface area contributed by atoms with Gasteiger partial charge >= 0.3 is 5.97 Å². The summed E-state index contributed by atoms with van der Waals surface area (Å²) in [5.41, 5.74) is -0.0631. The van der Waals surface area contributed by atoms with Crippen molar-refractivity contribution < 1.29 is 14.6 Å². The van der Waals surface area contributed by atoms with Crippen LogP contribution in [0.4, 0.5) is 0 Å². The molecule has 5 nitrogen and oxygen atoms in total. The highest BCUT2D eigenvalue weighted by atomic mass is 16.5. The lowest BCUT2D eigenvalue weighted by Crippen LogP contribution is -2.19. The number of hydrogen-bond donors (Lipinski definition) is 1. The van der Waals surface area contributed by atoms with Crippen molar-refractivity contribution in [3.63, 3.8) is 0 Å². The molecule has 0 spiro atoms. The van der Waals surface area contributed by atoms with E-state index in [0.717, 1.165) is 6.42 Å². The summed E-state index contributed by atoms with van der Waals surface area (Å²) in [5.74, 6) is -0.141. The van der Waals surface area contributed by atoms with Crippen molar-refractivity contribution in [1.82, 2.24) is 9.97 Å².